The third-order valence-corrected chi connectivity index (χ3v) is 5.51. The van der Waals surface area contributed by atoms with E-state index >= 15 is 0 Å². The van der Waals surface area contributed by atoms with E-state index in [-0.39, 0.29) is 0 Å². The summed E-state index contributed by atoms with van der Waals surface area (Å²) in [7, 11) is 0. The zero-order valence-corrected chi connectivity index (χ0v) is 9.94. The van der Waals surface area contributed by atoms with E-state index in [1.54, 1.807) is 0 Å². The maximum absolute atomic E-state index is 10.6. The molecule has 0 aliphatic heterocycles. The zero-order valence-electron chi connectivity index (χ0n) is 9.94. The Kier molecular flexibility index (Phi) is 1.88. The minimum absolute atomic E-state index is 0.361. The van der Waals surface area contributed by atoms with Crippen molar-refractivity contribution in [1.82, 2.24) is 0 Å². The average molecular weight is 225 g/mol. The second-order valence-electron chi connectivity index (χ2n) is 6.66. The SMILES string of the molecule is CC1(C)[C@@H]2CC3C[C@H]1CC(O[N+](=O)[O-])(C3)C2. The van der Waals surface area contributed by atoms with E-state index in [0.29, 0.717) is 23.2 Å². The molecule has 4 fully saturated rings. The summed E-state index contributed by atoms with van der Waals surface area (Å²) < 4.78 is 0. The number of hydrogen-bond acceptors (Lipinski definition) is 3. The van der Waals surface area contributed by atoms with Crippen LogP contribution in [0.2, 0.25) is 0 Å². The Labute approximate surface area is 95.5 Å². The van der Waals surface area contributed by atoms with Crippen LogP contribution in [-0.4, -0.2) is 10.7 Å². The van der Waals surface area contributed by atoms with Gasteiger partial charge in [-0.25, -0.2) is 0 Å². The summed E-state index contributed by atoms with van der Waals surface area (Å²) in [6, 6.07) is 0. The Morgan fingerprint density at radius 3 is 2.25 bits per heavy atom. The van der Waals surface area contributed by atoms with E-state index in [1.807, 2.05) is 0 Å². The molecular formula is C12H19NO3. The van der Waals surface area contributed by atoms with Crippen molar-refractivity contribution in [3.63, 3.8) is 0 Å². The first kappa shape index (κ1) is 10.4. The summed E-state index contributed by atoms with van der Waals surface area (Å²) in [6.45, 7) is 4.67. The van der Waals surface area contributed by atoms with Gasteiger partial charge in [-0.05, 0) is 55.3 Å². The zero-order chi connectivity index (χ0) is 11.6. The van der Waals surface area contributed by atoms with Crippen molar-refractivity contribution in [1.29, 1.82) is 0 Å². The van der Waals surface area contributed by atoms with Crippen molar-refractivity contribution < 1.29 is 9.92 Å². The molecule has 0 spiro atoms. The monoisotopic (exact) mass is 225 g/mol. The van der Waals surface area contributed by atoms with Crippen LogP contribution in [0.5, 0.6) is 0 Å². The predicted molar refractivity (Wildman–Crippen MR) is 58.1 cm³/mol. The maximum atomic E-state index is 10.6. The lowest BCUT2D eigenvalue weighted by Crippen LogP contribution is -2.59. The van der Waals surface area contributed by atoms with Crippen LogP contribution in [0.4, 0.5) is 0 Å². The summed E-state index contributed by atoms with van der Waals surface area (Å²) in [6.07, 6.45) is 5.22. The second kappa shape index (κ2) is 2.90. The lowest BCUT2D eigenvalue weighted by Gasteiger charge is -2.62. The Balaban J connectivity index is 1.89. The minimum Gasteiger partial charge on any atom is -0.307 e. The molecule has 4 bridgehead atoms. The van der Waals surface area contributed by atoms with E-state index in [1.165, 1.54) is 12.8 Å². The van der Waals surface area contributed by atoms with Crippen molar-refractivity contribution in [2.45, 2.75) is 51.6 Å². The first-order chi connectivity index (χ1) is 7.41. The van der Waals surface area contributed by atoms with Gasteiger partial charge in [0.2, 0.25) is 0 Å². The lowest BCUT2D eigenvalue weighted by molar-refractivity contribution is -0.785. The van der Waals surface area contributed by atoms with Gasteiger partial charge in [-0.2, -0.15) is 0 Å². The molecule has 4 saturated carbocycles. The standard InChI is InChI=1S/C12H19NO3/c1-11(2)9-3-8-4-10(11)7-12(5-8,6-9)16-13(14)15/h8-10H,3-7H2,1-2H3/t8?,9-,10+,12?. The molecule has 90 valence electrons. The van der Waals surface area contributed by atoms with Gasteiger partial charge in [0.15, 0.2) is 0 Å². The van der Waals surface area contributed by atoms with Gasteiger partial charge in [-0.1, -0.05) is 13.8 Å². The van der Waals surface area contributed by atoms with Crippen molar-refractivity contribution in [2.75, 3.05) is 0 Å². The molecule has 4 rings (SSSR count). The fourth-order valence-corrected chi connectivity index (χ4v) is 4.65. The largest absolute Gasteiger partial charge is 0.307 e. The van der Waals surface area contributed by atoms with E-state index in [4.69, 9.17) is 4.84 Å². The van der Waals surface area contributed by atoms with Crippen LogP contribution in [-0.2, 0) is 4.84 Å². The molecule has 4 atom stereocenters. The molecule has 0 aromatic heterocycles. The van der Waals surface area contributed by atoms with Crippen molar-refractivity contribution in [2.24, 2.45) is 23.2 Å². The van der Waals surface area contributed by atoms with Crippen LogP contribution in [0.15, 0.2) is 0 Å². The molecule has 4 aliphatic carbocycles. The van der Waals surface area contributed by atoms with Gasteiger partial charge in [-0.3, -0.25) is 0 Å². The van der Waals surface area contributed by atoms with Crippen LogP contribution in [0.3, 0.4) is 0 Å². The lowest BCUT2D eigenvalue weighted by atomic mass is 9.45. The highest BCUT2D eigenvalue weighted by molar-refractivity contribution is 5.09. The van der Waals surface area contributed by atoms with Crippen molar-refractivity contribution in [3.8, 4) is 0 Å². The summed E-state index contributed by atoms with van der Waals surface area (Å²) in [5, 5.41) is 10.1. The molecule has 0 radical (unpaired) electrons. The molecule has 0 aromatic rings. The topological polar surface area (TPSA) is 52.4 Å². The molecule has 4 nitrogen and oxygen atoms in total. The highest BCUT2D eigenvalue weighted by Crippen LogP contribution is 2.64. The van der Waals surface area contributed by atoms with Crippen LogP contribution in [0.1, 0.15) is 46.0 Å². The number of rotatable bonds is 2. The fraction of sp³-hybridized carbons (Fsp3) is 1.00. The van der Waals surface area contributed by atoms with Crippen LogP contribution < -0.4 is 0 Å². The van der Waals surface area contributed by atoms with Crippen LogP contribution >= 0.6 is 0 Å². The molecule has 16 heavy (non-hydrogen) atoms. The molecule has 4 heteroatoms. The predicted octanol–water partition coefficient (Wildman–Crippen LogP) is 2.80. The fourth-order valence-electron chi connectivity index (χ4n) is 4.65. The van der Waals surface area contributed by atoms with E-state index in [9.17, 15) is 10.1 Å². The molecule has 0 heterocycles. The summed E-state index contributed by atoms with van der Waals surface area (Å²) in [5.41, 5.74) is -0.0596. The molecule has 4 aliphatic rings. The smallest absolute Gasteiger partial charge is 0.295 e. The Bertz CT molecular complexity index is 321. The molecule has 0 N–H and O–H groups in total. The summed E-state index contributed by atoms with van der Waals surface area (Å²) in [4.78, 5) is 15.7. The normalized spacial score (nSPS) is 48.0. The van der Waals surface area contributed by atoms with Gasteiger partial charge in [0, 0.05) is 0 Å². The van der Waals surface area contributed by atoms with Gasteiger partial charge in [0.1, 0.15) is 5.60 Å². The van der Waals surface area contributed by atoms with Gasteiger partial charge < -0.3 is 4.84 Å². The van der Waals surface area contributed by atoms with E-state index in [2.05, 4.69) is 13.8 Å². The van der Waals surface area contributed by atoms with Gasteiger partial charge in [0.25, 0.3) is 5.09 Å². The first-order valence-electron chi connectivity index (χ1n) is 6.25. The quantitative estimate of drug-likeness (QED) is 0.536. The number of nitrogens with zero attached hydrogens (tertiary/aromatic N) is 1. The Hall–Kier alpha value is -0.800. The van der Waals surface area contributed by atoms with Crippen molar-refractivity contribution >= 4 is 0 Å². The molecule has 0 amide bonds. The Morgan fingerprint density at radius 1 is 1.19 bits per heavy atom. The van der Waals surface area contributed by atoms with E-state index in [0.717, 1.165) is 19.3 Å². The Morgan fingerprint density at radius 2 is 1.75 bits per heavy atom. The van der Waals surface area contributed by atoms with Crippen LogP contribution in [0.25, 0.3) is 0 Å². The summed E-state index contributed by atoms with van der Waals surface area (Å²) >= 11 is 0. The molecule has 0 saturated heterocycles. The van der Waals surface area contributed by atoms with Gasteiger partial charge in [-0.15, -0.1) is 10.1 Å². The highest BCUT2D eigenvalue weighted by atomic mass is 17.0. The second-order valence-corrected chi connectivity index (χ2v) is 6.66. The van der Waals surface area contributed by atoms with Crippen LogP contribution in [0, 0.1) is 33.3 Å². The molecule has 0 aromatic carbocycles. The average Bonchev–Trinajstić information content (AvgIpc) is 2.11. The van der Waals surface area contributed by atoms with Crippen molar-refractivity contribution in [3.05, 3.63) is 10.1 Å². The van der Waals surface area contributed by atoms with E-state index < -0.39 is 10.7 Å². The molecular weight excluding hydrogens is 206 g/mol. The first-order valence-corrected chi connectivity index (χ1v) is 6.25. The molecule has 2 unspecified atom stereocenters. The minimum atomic E-state index is -0.569. The summed E-state index contributed by atoms with van der Waals surface area (Å²) in [5.74, 6) is 1.92. The highest BCUT2D eigenvalue weighted by Gasteiger charge is 2.60. The third kappa shape index (κ3) is 1.28. The maximum Gasteiger partial charge on any atom is 0.295 e. The third-order valence-electron chi connectivity index (χ3n) is 5.51. The van der Waals surface area contributed by atoms with Gasteiger partial charge >= 0.3 is 0 Å². The number of hydrogen-bond donors (Lipinski definition) is 0. The van der Waals surface area contributed by atoms with Gasteiger partial charge in [0.05, 0.1) is 0 Å².